The van der Waals surface area contributed by atoms with E-state index in [0.717, 1.165) is 18.7 Å². The van der Waals surface area contributed by atoms with Gasteiger partial charge in [-0.05, 0) is 37.1 Å². The third-order valence-electron chi connectivity index (χ3n) is 3.01. The summed E-state index contributed by atoms with van der Waals surface area (Å²) in [6.45, 7) is 5.24. The molecule has 1 atom stereocenters. The first-order chi connectivity index (χ1) is 8.72. The van der Waals surface area contributed by atoms with Crippen molar-refractivity contribution < 1.29 is 0 Å². The van der Waals surface area contributed by atoms with Gasteiger partial charge in [0.15, 0.2) is 0 Å². The number of aromatic nitrogens is 3. The second-order valence-corrected chi connectivity index (χ2v) is 4.58. The van der Waals surface area contributed by atoms with Crippen molar-refractivity contribution in [1.29, 1.82) is 0 Å². The normalized spacial score (nSPS) is 12.6. The fraction of sp³-hybridized carbons (Fsp3) is 0.429. The number of nitrogens with zero attached hydrogens (tertiary/aromatic N) is 3. The largest absolute Gasteiger partial charge is 0.340 e. The van der Waals surface area contributed by atoms with E-state index in [2.05, 4.69) is 35.3 Å². The molecule has 2 rings (SSSR count). The minimum Gasteiger partial charge on any atom is -0.340 e. The molecule has 0 amide bonds. The van der Waals surface area contributed by atoms with Gasteiger partial charge in [-0.1, -0.05) is 6.92 Å². The Morgan fingerprint density at radius 2 is 2.28 bits per heavy atom. The molecule has 0 saturated heterocycles. The summed E-state index contributed by atoms with van der Waals surface area (Å²) in [6.07, 6.45) is 8.75. The Hall–Kier alpha value is -1.68. The molecule has 0 aliphatic rings. The van der Waals surface area contributed by atoms with Gasteiger partial charge in [0.25, 0.3) is 0 Å². The highest BCUT2D eigenvalue weighted by molar-refractivity contribution is 5.31. The number of rotatable bonds is 5. The number of hydrogen-bond acceptors (Lipinski definition) is 3. The summed E-state index contributed by atoms with van der Waals surface area (Å²) in [5.41, 5.74) is 3.48. The zero-order chi connectivity index (χ0) is 13.0. The zero-order valence-corrected chi connectivity index (χ0v) is 11.2. The standard InChI is InChI=1S/C14H20N4/c1-4-6-16-14(13-9-18(3)10-17-13)12-8-15-7-5-11(12)2/h5,7-10,14,16H,4,6H2,1-3H3. The minimum atomic E-state index is 0.125. The molecule has 0 spiro atoms. The molecule has 4 heteroatoms. The highest BCUT2D eigenvalue weighted by atomic mass is 15.0. The van der Waals surface area contributed by atoms with E-state index in [1.54, 1.807) is 0 Å². The monoisotopic (exact) mass is 244 g/mol. The Kier molecular flexibility index (Phi) is 4.10. The summed E-state index contributed by atoms with van der Waals surface area (Å²) in [7, 11) is 1.99. The van der Waals surface area contributed by atoms with Crippen LogP contribution < -0.4 is 5.32 Å². The van der Waals surface area contributed by atoms with Crippen LogP contribution in [0.2, 0.25) is 0 Å². The van der Waals surface area contributed by atoms with Gasteiger partial charge >= 0.3 is 0 Å². The Morgan fingerprint density at radius 1 is 1.44 bits per heavy atom. The summed E-state index contributed by atoms with van der Waals surface area (Å²) in [6, 6.07) is 2.17. The van der Waals surface area contributed by atoms with Gasteiger partial charge in [0.2, 0.25) is 0 Å². The Labute approximate surface area is 108 Å². The highest BCUT2D eigenvalue weighted by Gasteiger charge is 2.17. The summed E-state index contributed by atoms with van der Waals surface area (Å²) in [5.74, 6) is 0. The Bertz CT molecular complexity index is 504. The fourth-order valence-corrected chi connectivity index (χ4v) is 2.02. The molecule has 0 saturated carbocycles. The van der Waals surface area contributed by atoms with Crippen LogP contribution in [0.1, 0.15) is 36.2 Å². The molecule has 0 aliphatic carbocycles. The van der Waals surface area contributed by atoms with Crippen molar-refractivity contribution in [2.75, 3.05) is 6.54 Å². The fourth-order valence-electron chi connectivity index (χ4n) is 2.02. The van der Waals surface area contributed by atoms with Crippen LogP contribution in [0.25, 0.3) is 0 Å². The molecule has 4 nitrogen and oxygen atoms in total. The molecule has 18 heavy (non-hydrogen) atoms. The van der Waals surface area contributed by atoms with Gasteiger partial charge in [-0.25, -0.2) is 4.98 Å². The minimum absolute atomic E-state index is 0.125. The first-order valence-electron chi connectivity index (χ1n) is 6.34. The van der Waals surface area contributed by atoms with E-state index >= 15 is 0 Å². The number of hydrogen-bond donors (Lipinski definition) is 1. The van der Waals surface area contributed by atoms with Gasteiger partial charge in [0.1, 0.15) is 0 Å². The van der Waals surface area contributed by atoms with E-state index in [1.807, 2.05) is 36.4 Å². The first kappa shape index (κ1) is 12.8. The lowest BCUT2D eigenvalue weighted by Gasteiger charge is -2.18. The quantitative estimate of drug-likeness (QED) is 0.877. The molecule has 0 bridgehead atoms. The lowest BCUT2D eigenvalue weighted by Crippen LogP contribution is -2.24. The maximum absolute atomic E-state index is 4.46. The van der Waals surface area contributed by atoms with E-state index < -0.39 is 0 Å². The van der Waals surface area contributed by atoms with Crippen molar-refractivity contribution >= 4 is 0 Å². The number of imidazole rings is 1. The van der Waals surface area contributed by atoms with Crippen molar-refractivity contribution in [3.05, 3.63) is 47.8 Å². The molecule has 2 heterocycles. The van der Waals surface area contributed by atoms with Gasteiger partial charge in [0.05, 0.1) is 18.1 Å². The second-order valence-electron chi connectivity index (χ2n) is 4.58. The van der Waals surface area contributed by atoms with E-state index in [0.29, 0.717) is 0 Å². The molecule has 0 aliphatic heterocycles. The van der Waals surface area contributed by atoms with Crippen molar-refractivity contribution in [3.8, 4) is 0 Å². The summed E-state index contributed by atoms with van der Waals surface area (Å²) < 4.78 is 1.97. The maximum Gasteiger partial charge on any atom is 0.0947 e. The predicted octanol–water partition coefficient (Wildman–Crippen LogP) is 2.21. The van der Waals surface area contributed by atoms with Crippen LogP contribution in [-0.2, 0) is 7.05 Å². The molecule has 0 fully saturated rings. The maximum atomic E-state index is 4.46. The molecule has 1 unspecified atom stereocenters. The smallest absolute Gasteiger partial charge is 0.0947 e. The van der Waals surface area contributed by atoms with Crippen LogP contribution in [0.15, 0.2) is 31.0 Å². The van der Waals surface area contributed by atoms with Crippen molar-refractivity contribution in [1.82, 2.24) is 19.9 Å². The summed E-state index contributed by atoms with van der Waals surface area (Å²) in [5, 5.41) is 3.54. The highest BCUT2D eigenvalue weighted by Crippen LogP contribution is 2.22. The zero-order valence-electron chi connectivity index (χ0n) is 11.2. The van der Waals surface area contributed by atoms with E-state index in [-0.39, 0.29) is 6.04 Å². The SMILES string of the molecule is CCCNC(c1cn(C)cn1)c1cnccc1C. The molecule has 1 N–H and O–H groups in total. The van der Waals surface area contributed by atoms with Crippen molar-refractivity contribution in [2.24, 2.45) is 7.05 Å². The molecular formula is C14H20N4. The van der Waals surface area contributed by atoms with Gasteiger partial charge in [-0.2, -0.15) is 0 Å². The van der Waals surface area contributed by atoms with Crippen molar-refractivity contribution in [2.45, 2.75) is 26.3 Å². The molecule has 0 radical (unpaired) electrons. The first-order valence-corrected chi connectivity index (χ1v) is 6.34. The van der Waals surface area contributed by atoms with Crippen LogP contribution in [0, 0.1) is 6.92 Å². The Morgan fingerprint density at radius 3 is 2.89 bits per heavy atom. The van der Waals surface area contributed by atoms with E-state index in [1.165, 1.54) is 11.1 Å². The van der Waals surface area contributed by atoms with Crippen LogP contribution in [-0.4, -0.2) is 21.1 Å². The third kappa shape index (κ3) is 2.76. The Balaban J connectivity index is 2.33. The van der Waals surface area contributed by atoms with Gasteiger partial charge in [0, 0.05) is 25.6 Å². The predicted molar refractivity (Wildman–Crippen MR) is 72.3 cm³/mol. The lowest BCUT2D eigenvalue weighted by molar-refractivity contribution is 0.584. The molecule has 0 aromatic carbocycles. The van der Waals surface area contributed by atoms with E-state index in [4.69, 9.17) is 0 Å². The number of pyridine rings is 1. The van der Waals surface area contributed by atoms with Crippen LogP contribution in [0.5, 0.6) is 0 Å². The van der Waals surface area contributed by atoms with Crippen LogP contribution >= 0.6 is 0 Å². The summed E-state index contributed by atoms with van der Waals surface area (Å²) >= 11 is 0. The molecule has 2 aromatic rings. The van der Waals surface area contributed by atoms with Crippen LogP contribution in [0.4, 0.5) is 0 Å². The average Bonchev–Trinajstić information content (AvgIpc) is 2.78. The number of aryl methyl sites for hydroxylation is 2. The third-order valence-corrected chi connectivity index (χ3v) is 3.01. The van der Waals surface area contributed by atoms with Gasteiger partial charge < -0.3 is 9.88 Å². The van der Waals surface area contributed by atoms with Crippen molar-refractivity contribution in [3.63, 3.8) is 0 Å². The average molecular weight is 244 g/mol. The van der Waals surface area contributed by atoms with E-state index in [9.17, 15) is 0 Å². The van der Waals surface area contributed by atoms with Gasteiger partial charge in [-0.15, -0.1) is 0 Å². The van der Waals surface area contributed by atoms with Crippen LogP contribution in [0.3, 0.4) is 0 Å². The topological polar surface area (TPSA) is 42.7 Å². The van der Waals surface area contributed by atoms with Gasteiger partial charge in [-0.3, -0.25) is 4.98 Å². The number of nitrogens with one attached hydrogen (secondary N) is 1. The molecule has 2 aromatic heterocycles. The second kappa shape index (κ2) is 5.78. The molecular weight excluding hydrogens is 224 g/mol. The molecule has 96 valence electrons. The lowest BCUT2D eigenvalue weighted by atomic mass is 10.0. The summed E-state index contributed by atoms with van der Waals surface area (Å²) in [4.78, 5) is 8.69.